The summed E-state index contributed by atoms with van der Waals surface area (Å²) in [5.41, 5.74) is 3.43. The van der Waals surface area contributed by atoms with E-state index in [1.54, 1.807) is 0 Å². The zero-order valence-electron chi connectivity index (χ0n) is 20.5. The van der Waals surface area contributed by atoms with Gasteiger partial charge < -0.3 is 14.6 Å². The van der Waals surface area contributed by atoms with Crippen molar-refractivity contribution in [1.82, 2.24) is 0 Å². The molecule has 0 aliphatic heterocycles. The van der Waals surface area contributed by atoms with E-state index in [0.29, 0.717) is 24.0 Å². The number of alkyl halides is 2. The molecular formula is C28H34Cl2O5. The third-order valence-electron chi connectivity index (χ3n) is 5.05. The molecular weight excluding hydrogens is 487 g/mol. The lowest BCUT2D eigenvalue weighted by Gasteiger charge is -2.24. The Morgan fingerprint density at radius 2 is 1.26 bits per heavy atom. The molecule has 0 amide bonds. The topological polar surface area (TPSA) is 72.8 Å². The van der Waals surface area contributed by atoms with E-state index in [1.807, 2.05) is 86.7 Å². The molecule has 0 aromatic heterocycles. The fourth-order valence-electron chi connectivity index (χ4n) is 3.32. The number of benzene rings is 2. The van der Waals surface area contributed by atoms with Crippen LogP contribution in [0.3, 0.4) is 0 Å². The molecule has 35 heavy (non-hydrogen) atoms. The van der Waals surface area contributed by atoms with Gasteiger partial charge in [-0.1, -0.05) is 72.8 Å². The van der Waals surface area contributed by atoms with Crippen molar-refractivity contribution in [3.8, 4) is 0 Å². The first-order chi connectivity index (χ1) is 16.9. The van der Waals surface area contributed by atoms with Gasteiger partial charge in [-0.15, -0.1) is 23.2 Å². The molecule has 0 heterocycles. The Morgan fingerprint density at radius 3 is 1.69 bits per heavy atom. The predicted molar refractivity (Wildman–Crippen MR) is 143 cm³/mol. The number of hydrogen-bond donors (Lipinski definition) is 1. The van der Waals surface area contributed by atoms with Crippen molar-refractivity contribution in [2.75, 3.05) is 12.4 Å². The first kappa shape index (κ1) is 30.4. The number of rotatable bonds is 11. The molecule has 2 unspecified atom stereocenters. The highest BCUT2D eigenvalue weighted by molar-refractivity contribution is 6.40. The fourth-order valence-corrected chi connectivity index (χ4v) is 3.32. The van der Waals surface area contributed by atoms with Crippen LogP contribution in [0.4, 0.5) is 0 Å². The van der Waals surface area contributed by atoms with Gasteiger partial charge in [0.2, 0.25) is 0 Å². The minimum absolute atomic E-state index is 0.164. The number of carbonyl (C=O) groups is 2. The van der Waals surface area contributed by atoms with E-state index in [0.717, 1.165) is 11.1 Å². The molecule has 7 heteroatoms. The molecule has 5 nitrogen and oxygen atoms in total. The summed E-state index contributed by atoms with van der Waals surface area (Å²) in [5.74, 6) is -0.712. The minimum atomic E-state index is -1.01. The maximum atomic E-state index is 12.5. The van der Waals surface area contributed by atoms with Gasteiger partial charge in [0.15, 0.2) is 6.10 Å². The van der Waals surface area contributed by atoms with E-state index >= 15 is 0 Å². The van der Waals surface area contributed by atoms with Gasteiger partial charge in [0, 0.05) is 12.8 Å². The van der Waals surface area contributed by atoms with Gasteiger partial charge in [0.25, 0.3) is 0 Å². The van der Waals surface area contributed by atoms with Crippen molar-refractivity contribution in [1.29, 1.82) is 0 Å². The molecule has 0 aliphatic carbocycles. The summed E-state index contributed by atoms with van der Waals surface area (Å²) < 4.78 is 10.3. The highest BCUT2D eigenvalue weighted by Crippen LogP contribution is 2.33. The molecule has 0 saturated carbocycles. The van der Waals surface area contributed by atoms with Gasteiger partial charge in [0.1, 0.15) is 6.10 Å². The molecule has 0 bridgehead atoms. The summed E-state index contributed by atoms with van der Waals surface area (Å²) in [6.45, 7) is 3.89. The van der Waals surface area contributed by atoms with Gasteiger partial charge in [0.05, 0.1) is 12.4 Å². The lowest BCUT2D eigenvalue weighted by molar-refractivity contribution is -0.156. The largest absolute Gasteiger partial charge is 0.469 e. The fraction of sp³-hybridized carbons (Fsp3) is 0.357. The van der Waals surface area contributed by atoms with Crippen LogP contribution >= 0.6 is 23.2 Å². The van der Waals surface area contributed by atoms with Crippen LogP contribution in [0.1, 0.15) is 74.0 Å². The first-order valence-corrected chi connectivity index (χ1v) is 12.5. The second-order valence-corrected chi connectivity index (χ2v) is 8.38. The standard InChI is InChI=1S/C27H32O5.CH2Cl2/c1-4-8-20-12-16-22(17-13-20)26(30)27(23-18-14-21(9-5-2)15-19-23)32-25(29)11-7-6-10-24(28)31-3;2-1-3/h4-5,8-9,12-19,26-27,30H,6-7,10-11H2,1-3H3;1H2/b8-4+,9-5+;. The Kier molecular flexibility index (Phi) is 15.5. The van der Waals surface area contributed by atoms with E-state index < -0.39 is 18.2 Å². The Bertz CT molecular complexity index is 937. The number of carbonyl (C=O) groups excluding carboxylic acids is 2. The van der Waals surface area contributed by atoms with Crippen LogP contribution in [-0.2, 0) is 19.1 Å². The number of esters is 2. The van der Waals surface area contributed by atoms with Crippen molar-refractivity contribution in [3.05, 3.63) is 82.9 Å². The third-order valence-corrected chi connectivity index (χ3v) is 5.05. The van der Waals surface area contributed by atoms with E-state index in [4.69, 9.17) is 27.9 Å². The normalized spacial score (nSPS) is 12.6. The molecule has 2 rings (SSSR count). The number of aliphatic hydroxyl groups is 1. The number of aliphatic hydroxyl groups excluding tert-OH is 1. The van der Waals surface area contributed by atoms with Crippen molar-refractivity contribution >= 4 is 47.3 Å². The molecule has 0 radical (unpaired) electrons. The van der Waals surface area contributed by atoms with Gasteiger partial charge in [-0.05, 0) is 48.9 Å². The molecule has 0 fully saturated rings. The summed E-state index contributed by atoms with van der Waals surface area (Å²) in [6.07, 6.45) is 7.47. The van der Waals surface area contributed by atoms with Gasteiger partial charge >= 0.3 is 11.9 Å². The zero-order valence-corrected chi connectivity index (χ0v) is 22.0. The predicted octanol–water partition coefficient (Wildman–Crippen LogP) is 7.23. The number of unbranched alkanes of at least 4 members (excludes halogenated alkanes) is 1. The molecule has 0 saturated heterocycles. The summed E-state index contributed by atoms with van der Waals surface area (Å²) in [6, 6.07) is 15.1. The lowest BCUT2D eigenvalue weighted by atomic mass is 9.96. The molecule has 190 valence electrons. The monoisotopic (exact) mass is 520 g/mol. The van der Waals surface area contributed by atoms with Crippen molar-refractivity contribution < 1.29 is 24.2 Å². The van der Waals surface area contributed by atoms with Crippen LogP contribution < -0.4 is 0 Å². The second-order valence-electron chi connectivity index (χ2n) is 7.57. The Hall–Kier alpha value is -2.60. The Morgan fingerprint density at radius 1 is 0.829 bits per heavy atom. The first-order valence-electron chi connectivity index (χ1n) is 11.4. The van der Waals surface area contributed by atoms with E-state index in [2.05, 4.69) is 4.74 Å². The molecule has 0 aliphatic rings. The van der Waals surface area contributed by atoms with Gasteiger partial charge in [-0.2, -0.15) is 0 Å². The van der Waals surface area contributed by atoms with Crippen LogP contribution in [0.2, 0.25) is 0 Å². The van der Waals surface area contributed by atoms with E-state index in [9.17, 15) is 14.7 Å². The minimum Gasteiger partial charge on any atom is -0.469 e. The molecule has 2 aromatic rings. The zero-order chi connectivity index (χ0) is 26.1. The number of halogens is 2. The van der Waals surface area contributed by atoms with Crippen LogP contribution in [0, 0.1) is 0 Å². The molecule has 1 N–H and O–H groups in total. The van der Waals surface area contributed by atoms with Crippen LogP contribution in [-0.4, -0.2) is 29.5 Å². The second kappa shape index (κ2) is 17.8. The number of methoxy groups -OCH3 is 1. The average Bonchev–Trinajstić information content (AvgIpc) is 2.86. The number of allylic oxidation sites excluding steroid dienone is 2. The summed E-state index contributed by atoms with van der Waals surface area (Å²) in [4.78, 5) is 23.7. The highest BCUT2D eigenvalue weighted by atomic mass is 35.5. The van der Waals surface area contributed by atoms with Crippen molar-refractivity contribution in [3.63, 3.8) is 0 Å². The van der Waals surface area contributed by atoms with Crippen molar-refractivity contribution in [2.45, 2.75) is 51.7 Å². The van der Waals surface area contributed by atoms with Crippen LogP contribution in [0.25, 0.3) is 12.2 Å². The molecule has 2 aromatic carbocycles. The third kappa shape index (κ3) is 11.6. The average molecular weight is 521 g/mol. The smallest absolute Gasteiger partial charge is 0.306 e. The molecule has 0 spiro atoms. The van der Waals surface area contributed by atoms with Crippen LogP contribution in [0.15, 0.2) is 60.7 Å². The maximum Gasteiger partial charge on any atom is 0.306 e. The lowest BCUT2D eigenvalue weighted by Crippen LogP contribution is -2.18. The SMILES string of the molecule is C/C=C/c1ccc(C(O)C(OC(=O)CCCCC(=O)OC)c2ccc(/C=C/C)cc2)cc1.ClCCl. The Balaban J connectivity index is 0.00000194. The van der Waals surface area contributed by atoms with Crippen molar-refractivity contribution in [2.24, 2.45) is 0 Å². The van der Waals surface area contributed by atoms with Crippen LogP contribution in [0.5, 0.6) is 0 Å². The van der Waals surface area contributed by atoms with E-state index in [1.165, 1.54) is 7.11 Å². The van der Waals surface area contributed by atoms with E-state index in [-0.39, 0.29) is 24.2 Å². The summed E-state index contributed by atoms with van der Waals surface area (Å²) in [7, 11) is 1.34. The maximum absolute atomic E-state index is 12.5. The molecule has 2 atom stereocenters. The highest BCUT2D eigenvalue weighted by Gasteiger charge is 2.26. The number of ether oxygens (including phenoxy) is 2. The quantitative estimate of drug-likeness (QED) is 0.192. The summed E-state index contributed by atoms with van der Waals surface area (Å²) in [5, 5.41) is 11.3. The van der Waals surface area contributed by atoms with Gasteiger partial charge in [-0.25, -0.2) is 0 Å². The Labute approximate surface area is 218 Å². The number of hydrogen-bond acceptors (Lipinski definition) is 5. The van der Waals surface area contributed by atoms with Gasteiger partial charge in [-0.3, -0.25) is 9.59 Å². The summed E-state index contributed by atoms with van der Waals surface area (Å²) >= 11 is 9.53.